The van der Waals surface area contributed by atoms with Gasteiger partial charge in [0.1, 0.15) is 5.82 Å². The van der Waals surface area contributed by atoms with E-state index in [1.165, 1.54) is 10.9 Å². The Hall–Kier alpha value is -1.89. The number of nitrogens with two attached hydrogens (primary N) is 1. The van der Waals surface area contributed by atoms with Gasteiger partial charge in [-0.15, -0.1) is 5.10 Å². The van der Waals surface area contributed by atoms with Crippen LogP contribution in [0.25, 0.3) is 5.65 Å². The van der Waals surface area contributed by atoms with Gasteiger partial charge in [0, 0.05) is 12.6 Å². The summed E-state index contributed by atoms with van der Waals surface area (Å²) in [6, 6.07) is 4.16. The van der Waals surface area contributed by atoms with Crippen molar-refractivity contribution in [2.75, 3.05) is 18.0 Å². The molecule has 1 unspecified atom stereocenters. The van der Waals surface area contributed by atoms with Crippen LogP contribution in [-0.4, -0.2) is 38.9 Å². The van der Waals surface area contributed by atoms with Gasteiger partial charge in [0.2, 0.25) is 0 Å². The van der Waals surface area contributed by atoms with Gasteiger partial charge in [-0.1, -0.05) is 0 Å². The summed E-state index contributed by atoms with van der Waals surface area (Å²) in [5.74, 6) is 0.828. The lowest BCUT2D eigenvalue weighted by Crippen LogP contribution is -2.41. The van der Waals surface area contributed by atoms with Gasteiger partial charge in [-0.25, -0.2) is 9.89 Å². The van der Waals surface area contributed by atoms with Gasteiger partial charge in [0.05, 0.1) is 0 Å². The molecule has 0 radical (unpaired) electrons. The molecule has 3 rings (SSSR count). The second-order valence-corrected chi connectivity index (χ2v) is 4.91. The molecule has 0 bridgehead atoms. The molecule has 1 fully saturated rings. The molecule has 2 aromatic heterocycles. The van der Waals surface area contributed by atoms with Crippen molar-refractivity contribution in [3.05, 3.63) is 22.6 Å². The van der Waals surface area contributed by atoms with Crippen LogP contribution in [0.2, 0.25) is 0 Å². The first-order valence-electron chi connectivity index (χ1n) is 6.71. The van der Waals surface area contributed by atoms with E-state index >= 15 is 0 Å². The lowest BCUT2D eigenvalue weighted by molar-refractivity contribution is 0.437. The number of hydrogen-bond donors (Lipinski definition) is 2. The van der Waals surface area contributed by atoms with E-state index in [2.05, 4.69) is 20.2 Å². The molecule has 0 saturated carbocycles. The van der Waals surface area contributed by atoms with Gasteiger partial charge < -0.3 is 10.6 Å². The van der Waals surface area contributed by atoms with E-state index in [0.29, 0.717) is 18.2 Å². The first-order chi connectivity index (χ1) is 9.29. The number of fused-ring (bicyclic) bond motifs is 1. The van der Waals surface area contributed by atoms with E-state index in [4.69, 9.17) is 5.73 Å². The molecule has 1 aliphatic heterocycles. The zero-order chi connectivity index (χ0) is 13.2. The summed E-state index contributed by atoms with van der Waals surface area (Å²) in [6.45, 7) is 1.64. The van der Waals surface area contributed by atoms with E-state index in [1.54, 1.807) is 0 Å². The summed E-state index contributed by atoms with van der Waals surface area (Å²) >= 11 is 0. The minimum Gasteiger partial charge on any atom is -0.352 e. The van der Waals surface area contributed by atoms with E-state index in [0.717, 1.165) is 31.6 Å². The lowest BCUT2D eigenvalue weighted by Gasteiger charge is -2.36. The Bertz CT molecular complexity index is 616. The highest BCUT2D eigenvalue weighted by atomic mass is 16.2. The van der Waals surface area contributed by atoms with Crippen LogP contribution in [0.5, 0.6) is 0 Å². The first-order valence-corrected chi connectivity index (χ1v) is 6.71. The number of aromatic amines is 1. The van der Waals surface area contributed by atoms with Crippen LogP contribution in [0.15, 0.2) is 16.9 Å². The summed E-state index contributed by atoms with van der Waals surface area (Å²) in [4.78, 5) is 13.8. The zero-order valence-corrected chi connectivity index (χ0v) is 10.7. The topological polar surface area (TPSA) is 92.3 Å². The number of piperidine rings is 1. The average molecular weight is 262 g/mol. The zero-order valence-electron chi connectivity index (χ0n) is 10.7. The van der Waals surface area contributed by atoms with Crippen molar-refractivity contribution in [3.8, 4) is 0 Å². The Balaban J connectivity index is 1.96. The van der Waals surface area contributed by atoms with E-state index in [-0.39, 0.29) is 5.69 Å². The SMILES string of the molecule is NCCC1CCCCN1c1ccc2n[nH]c(=O)n2n1. The van der Waals surface area contributed by atoms with Crippen LogP contribution in [0, 0.1) is 0 Å². The molecule has 102 valence electrons. The van der Waals surface area contributed by atoms with Gasteiger partial charge in [0.15, 0.2) is 5.65 Å². The smallest absolute Gasteiger partial charge is 0.352 e. The monoisotopic (exact) mass is 262 g/mol. The Morgan fingerprint density at radius 2 is 2.32 bits per heavy atom. The van der Waals surface area contributed by atoms with Crippen LogP contribution < -0.4 is 16.3 Å². The number of H-pyrrole nitrogens is 1. The van der Waals surface area contributed by atoms with E-state index < -0.39 is 0 Å². The van der Waals surface area contributed by atoms with Crippen LogP contribution in [0.3, 0.4) is 0 Å². The maximum atomic E-state index is 11.6. The molecule has 7 nitrogen and oxygen atoms in total. The first kappa shape index (κ1) is 12.2. The number of nitrogens with one attached hydrogen (secondary N) is 1. The standard InChI is InChI=1S/C12H18N6O/c13-7-6-9-3-1-2-8-17(9)11-5-4-10-14-15-12(19)18(10)16-11/h4-5,9H,1-3,6-8,13H2,(H,15,19). The molecule has 0 spiro atoms. The second-order valence-electron chi connectivity index (χ2n) is 4.91. The van der Waals surface area contributed by atoms with Gasteiger partial charge in [-0.2, -0.15) is 9.61 Å². The number of anilines is 1. The number of rotatable bonds is 3. The Morgan fingerprint density at radius 3 is 3.16 bits per heavy atom. The highest BCUT2D eigenvalue weighted by Gasteiger charge is 2.23. The third-order valence-electron chi connectivity index (χ3n) is 3.68. The van der Waals surface area contributed by atoms with Crippen molar-refractivity contribution in [2.24, 2.45) is 5.73 Å². The van der Waals surface area contributed by atoms with Crippen LogP contribution >= 0.6 is 0 Å². The van der Waals surface area contributed by atoms with Crippen LogP contribution in [0.1, 0.15) is 25.7 Å². The molecule has 0 aromatic carbocycles. The predicted molar refractivity (Wildman–Crippen MR) is 72.3 cm³/mol. The summed E-state index contributed by atoms with van der Waals surface area (Å²) in [5, 5.41) is 10.7. The molecule has 3 heterocycles. The third kappa shape index (κ3) is 2.21. The molecule has 1 atom stereocenters. The number of nitrogens with zero attached hydrogens (tertiary/aromatic N) is 4. The molecule has 0 aliphatic carbocycles. The summed E-state index contributed by atoms with van der Waals surface area (Å²) in [7, 11) is 0. The minimum atomic E-state index is -0.302. The molecule has 7 heteroatoms. The van der Waals surface area contributed by atoms with Crippen molar-refractivity contribution in [1.82, 2.24) is 19.8 Å². The molecule has 1 saturated heterocycles. The molecular weight excluding hydrogens is 244 g/mol. The molecule has 2 aromatic rings. The van der Waals surface area contributed by atoms with Gasteiger partial charge in [-0.05, 0) is 44.4 Å². The largest absolute Gasteiger partial charge is 0.364 e. The van der Waals surface area contributed by atoms with Crippen molar-refractivity contribution >= 4 is 11.5 Å². The predicted octanol–water partition coefficient (Wildman–Crippen LogP) is 0.125. The maximum Gasteiger partial charge on any atom is 0.364 e. The number of hydrogen-bond acceptors (Lipinski definition) is 5. The fourth-order valence-corrected chi connectivity index (χ4v) is 2.74. The number of aromatic nitrogens is 4. The van der Waals surface area contributed by atoms with E-state index in [1.807, 2.05) is 12.1 Å². The quantitative estimate of drug-likeness (QED) is 0.820. The maximum absolute atomic E-state index is 11.6. The lowest BCUT2D eigenvalue weighted by atomic mass is 9.99. The van der Waals surface area contributed by atoms with Crippen molar-refractivity contribution in [3.63, 3.8) is 0 Å². The summed E-state index contributed by atoms with van der Waals surface area (Å²) in [6.07, 6.45) is 4.48. The fraction of sp³-hybridized carbons (Fsp3) is 0.583. The minimum absolute atomic E-state index is 0.302. The average Bonchev–Trinajstić information content (AvgIpc) is 2.81. The summed E-state index contributed by atoms with van der Waals surface area (Å²) in [5.41, 5.74) is 5.92. The second kappa shape index (κ2) is 5.00. The fourth-order valence-electron chi connectivity index (χ4n) is 2.74. The molecule has 3 N–H and O–H groups in total. The van der Waals surface area contributed by atoms with Crippen LogP contribution in [0.4, 0.5) is 5.82 Å². The normalized spacial score (nSPS) is 20.1. The van der Waals surface area contributed by atoms with E-state index in [9.17, 15) is 4.79 Å². The molecule has 19 heavy (non-hydrogen) atoms. The van der Waals surface area contributed by atoms with Gasteiger partial charge in [-0.3, -0.25) is 0 Å². The molecule has 0 amide bonds. The van der Waals surface area contributed by atoms with Crippen molar-refractivity contribution in [2.45, 2.75) is 31.7 Å². The summed E-state index contributed by atoms with van der Waals surface area (Å²) < 4.78 is 1.31. The van der Waals surface area contributed by atoms with Crippen molar-refractivity contribution in [1.29, 1.82) is 0 Å². The van der Waals surface area contributed by atoms with Crippen molar-refractivity contribution < 1.29 is 0 Å². The third-order valence-corrected chi connectivity index (χ3v) is 3.68. The molecular formula is C12H18N6O. The molecule has 1 aliphatic rings. The highest BCUT2D eigenvalue weighted by molar-refractivity contribution is 5.46. The van der Waals surface area contributed by atoms with Gasteiger partial charge in [0.25, 0.3) is 0 Å². The van der Waals surface area contributed by atoms with Gasteiger partial charge >= 0.3 is 5.69 Å². The Morgan fingerprint density at radius 1 is 1.42 bits per heavy atom. The highest BCUT2D eigenvalue weighted by Crippen LogP contribution is 2.24. The van der Waals surface area contributed by atoms with Crippen LogP contribution in [-0.2, 0) is 0 Å². The Labute approximate surface area is 110 Å². The Kier molecular flexibility index (Phi) is 3.20.